The monoisotopic (exact) mass is 179 g/mol. The van der Waals surface area contributed by atoms with E-state index in [4.69, 9.17) is 0 Å². The summed E-state index contributed by atoms with van der Waals surface area (Å²) in [6.45, 7) is 3.05. The number of imidazole rings is 1. The van der Waals surface area contributed by atoms with Crippen LogP contribution >= 0.6 is 0 Å². The van der Waals surface area contributed by atoms with Crippen LogP contribution in [-0.2, 0) is 6.54 Å². The average Bonchev–Trinajstić information content (AvgIpc) is 2.76. The Labute approximate surface area is 77.0 Å². The third-order valence-electron chi connectivity index (χ3n) is 2.47. The van der Waals surface area contributed by atoms with E-state index < -0.39 is 0 Å². The predicted molar refractivity (Wildman–Crippen MR) is 48.6 cm³/mol. The van der Waals surface area contributed by atoms with Gasteiger partial charge in [-0.2, -0.15) is 0 Å². The van der Waals surface area contributed by atoms with Crippen LogP contribution in [0.15, 0.2) is 12.4 Å². The van der Waals surface area contributed by atoms with Crippen molar-refractivity contribution in [3.05, 3.63) is 18.2 Å². The second kappa shape index (κ2) is 3.70. The highest BCUT2D eigenvalue weighted by Gasteiger charge is 2.15. The van der Waals surface area contributed by atoms with Crippen molar-refractivity contribution in [2.24, 2.45) is 5.92 Å². The lowest BCUT2D eigenvalue weighted by Crippen LogP contribution is -2.15. The molecular formula is C9H13N3O. The highest BCUT2D eigenvalue weighted by molar-refractivity contribution is 5.69. The summed E-state index contributed by atoms with van der Waals surface area (Å²) in [6.07, 6.45) is 5.53. The number of nitrogens with zero attached hydrogens (tertiary/aromatic N) is 2. The van der Waals surface area contributed by atoms with Gasteiger partial charge in [-0.1, -0.05) is 0 Å². The van der Waals surface area contributed by atoms with E-state index in [0.717, 1.165) is 25.9 Å². The summed E-state index contributed by atoms with van der Waals surface area (Å²) in [5.41, 5.74) is 0. The van der Waals surface area contributed by atoms with E-state index in [0.29, 0.717) is 11.7 Å². The Kier molecular flexibility index (Phi) is 2.40. The Hall–Kier alpha value is -1.16. The molecule has 4 heteroatoms. The first-order chi connectivity index (χ1) is 6.40. The lowest BCUT2D eigenvalue weighted by atomic mass is 10.1. The van der Waals surface area contributed by atoms with E-state index in [1.807, 2.05) is 10.8 Å². The van der Waals surface area contributed by atoms with Crippen molar-refractivity contribution in [3.63, 3.8) is 0 Å². The third kappa shape index (κ3) is 1.78. The summed E-state index contributed by atoms with van der Waals surface area (Å²) in [7, 11) is 0. The maximum Gasteiger partial charge on any atom is 0.185 e. The molecule has 1 aliphatic heterocycles. The zero-order valence-electron chi connectivity index (χ0n) is 7.44. The van der Waals surface area contributed by atoms with E-state index >= 15 is 0 Å². The van der Waals surface area contributed by atoms with Gasteiger partial charge < -0.3 is 9.88 Å². The Morgan fingerprint density at radius 2 is 2.69 bits per heavy atom. The fourth-order valence-electron chi connectivity index (χ4n) is 1.74. The second-order valence-electron chi connectivity index (χ2n) is 3.41. The molecule has 0 saturated carbocycles. The summed E-state index contributed by atoms with van der Waals surface area (Å²) in [6, 6.07) is 0. The van der Waals surface area contributed by atoms with Gasteiger partial charge in [-0.15, -0.1) is 0 Å². The van der Waals surface area contributed by atoms with Gasteiger partial charge in [-0.05, 0) is 25.4 Å². The minimum atomic E-state index is 0.534. The van der Waals surface area contributed by atoms with Gasteiger partial charge in [0.05, 0.1) is 0 Å². The van der Waals surface area contributed by atoms with Crippen LogP contribution < -0.4 is 5.32 Å². The summed E-state index contributed by atoms with van der Waals surface area (Å²) < 4.78 is 1.92. The number of carbonyl (C=O) groups is 1. The number of aldehydes is 1. The van der Waals surface area contributed by atoms with Crippen molar-refractivity contribution >= 4 is 6.29 Å². The highest BCUT2D eigenvalue weighted by Crippen LogP contribution is 2.11. The Balaban J connectivity index is 2.03. The normalized spacial score (nSPS) is 22.0. The smallest absolute Gasteiger partial charge is 0.185 e. The molecule has 13 heavy (non-hydrogen) atoms. The average molecular weight is 179 g/mol. The topological polar surface area (TPSA) is 46.9 Å². The lowest BCUT2D eigenvalue weighted by Gasteiger charge is -2.09. The molecule has 0 spiro atoms. The van der Waals surface area contributed by atoms with Gasteiger partial charge in [0, 0.05) is 18.9 Å². The molecule has 1 N–H and O–H groups in total. The molecule has 1 aromatic heterocycles. The largest absolute Gasteiger partial charge is 0.328 e. The number of hydrogen-bond acceptors (Lipinski definition) is 3. The van der Waals surface area contributed by atoms with E-state index in [9.17, 15) is 4.79 Å². The van der Waals surface area contributed by atoms with Gasteiger partial charge in [0.15, 0.2) is 12.1 Å². The molecular weight excluding hydrogens is 166 g/mol. The lowest BCUT2D eigenvalue weighted by molar-refractivity contribution is 0.111. The van der Waals surface area contributed by atoms with E-state index in [1.54, 1.807) is 6.20 Å². The van der Waals surface area contributed by atoms with Crippen LogP contribution in [0.5, 0.6) is 0 Å². The van der Waals surface area contributed by atoms with Crippen LogP contribution in [0.1, 0.15) is 17.0 Å². The van der Waals surface area contributed by atoms with Gasteiger partial charge in [0.2, 0.25) is 0 Å². The molecule has 1 atom stereocenters. The zero-order chi connectivity index (χ0) is 9.10. The van der Waals surface area contributed by atoms with Crippen molar-refractivity contribution in [1.29, 1.82) is 0 Å². The number of carbonyl (C=O) groups excluding carboxylic acids is 1. The fraction of sp³-hybridized carbons (Fsp3) is 0.556. The summed E-state index contributed by atoms with van der Waals surface area (Å²) in [5.74, 6) is 1.18. The first-order valence-corrected chi connectivity index (χ1v) is 4.57. The van der Waals surface area contributed by atoms with E-state index in [2.05, 4.69) is 10.3 Å². The Morgan fingerprint density at radius 1 is 1.77 bits per heavy atom. The highest BCUT2D eigenvalue weighted by atomic mass is 16.1. The Morgan fingerprint density at radius 3 is 3.38 bits per heavy atom. The molecule has 0 amide bonds. The standard InChI is InChI=1S/C9H13N3O/c13-7-9-11-3-4-12(9)6-8-1-2-10-5-8/h3-4,7-8,10H,1-2,5-6H2. The second-order valence-corrected chi connectivity index (χ2v) is 3.41. The van der Waals surface area contributed by atoms with E-state index in [-0.39, 0.29) is 0 Å². The molecule has 0 aliphatic carbocycles. The Bertz CT molecular complexity index is 289. The van der Waals surface area contributed by atoms with Crippen molar-refractivity contribution in [2.45, 2.75) is 13.0 Å². The zero-order valence-corrected chi connectivity index (χ0v) is 7.44. The van der Waals surface area contributed by atoms with Gasteiger partial charge >= 0.3 is 0 Å². The van der Waals surface area contributed by atoms with Crippen LogP contribution in [0.4, 0.5) is 0 Å². The minimum absolute atomic E-state index is 0.534. The van der Waals surface area contributed by atoms with Crippen molar-refractivity contribution < 1.29 is 4.79 Å². The van der Waals surface area contributed by atoms with Crippen LogP contribution in [-0.4, -0.2) is 28.9 Å². The van der Waals surface area contributed by atoms with Gasteiger partial charge in [0.25, 0.3) is 0 Å². The molecule has 70 valence electrons. The summed E-state index contributed by atoms with van der Waals surface area (Å²) in [5, 5.41) is 3.30. The molecule has 2 rings (SSSR count). The number of rotatable bonds is 3. The molecule has 1 aromatic rings. The van der Waals surface area contributed by atoms with E-state index in [1.165, 1.54) is 6.42 Å². The molecule has 1 unspecified atom stereocenters. The molecule has 1 saturated heterocycles. The van der Waals surface area contributed by atoms with Gasteiger partial charge in [-0.3, -0.25) is 4.79 Å². The number of nitrogens with one attached hydrogen (secondary N) is 1. The molecule has 0 bridgehead atoms. The SMILES string of the molecule is O=Cc1nccn1CC1CCNC1. The minimum Gasteiger partial charge on any atom is -0.328 e. The van der Waals surface area contributed by atoms with Crippen LogP contribution in [0.25, 0.3) is 0 Å². The summed E-state index contributed by atoms with van der Waals surface area (Å²) >= 11 is 0. The van der Waals surface area contributed by atoms with Crippen molar-refractivity contribution in [3.8, 4) is 0 Å². The first kappa shape index (κ1) is 8.44. The molecule has 2 heterocycles. The maximum absolute atomic E-state index is 10.6. The van der Waals surface area contributed by atoms with Crippen molar-refractivity contribution in [1.82, 2.24) is 14.9 Å². The number of aromatic nitrogens is 2. The third-order valence-corrected chi connectivity index (χ3v) is 2.47. The molecule has 1 fully saturated rings. The fourth-order valence-corrected chi connectivity index (χ4v) is 1.74. The van der Waals surface area contributed by atoms with Gasteiger partial charge in [0.1, 0.15) is 0 Å². The molecule has 0 aromatic carbocycles. The van der Waals surface area contributed by atoms with Crippen LogP contribution in [0.2, 0.25) is 0 Å². The summed E-state index contributed by atoms with van der Waals surface area (Å²) in [4.78, 5) is 14.5. The van der Waals surface area contributed by atoms with Crippen LogP contribution in [0.3, 0.4) is 0 Å². The van der Waals surface area contributed by atoms with Crippen LogP contribution in [0, 0.1) is 5.92 Å². The number of hydrogen-bond donors (Lipinski definition) is 1. The first-order valence-electron chi connectivity index (χ1n) is 4.57. The quantitative estimate of drug-likeness (QED) is 0.679. The molecule has 1 aliphatic rings. The van der Waals surface area contributed by atoms with Crippen molar-refractivity contribution in [2.75, 3.05) is 13.1 Å². The predicted octanol–water partition coefficient (Wildman–Crippen LogP) is 0.305. The molecule has 0 radical (unpaired) electrons. The van der Waals surface area contributed by atoms with Gasteiger partial charge in [-0.25, -0.2) is 4.98 Å². The maximum atomic E-state index is 10.6. The molecule has 4 nitrogen and oxygen atoms in total.